The fraction of sp³-hybridized carbons (Fsp3) is 0.278. The summed E-state index contributed by atoms with van der Waals surface area (Å²) in [6.07, 6.45) is 1.55. The van der Waals surface area contributed by atoms with Gasteiger partial charge in [0.05, 0.1) is 6.04 Å². The summed E-state index contributed by atoms with van der Waals surface area (Å²) in [6, 6.07) is 16.7. The molecule has 0 aromatic heterocycles. The highest BCUT2D eigenvalue weighted by Gasteiger charge is 2.44. The van der Waals surface area contributed by atoms with Crippen molar-refractivity contribution in [2.75, 3.05) is 0 Å². The van der Waals surface area contributed by atoms with Crippen LogP contribution >= 0.6 is 11.6 Å². The van der Waals surface area contributed by atoms with Gasteiger partial charge in [-0.3, -0.25) is 4.79 Å². The highest BCUT2D eigenvalue weighted by molar-refractivity contribution is 6.30. The number of carbonyl (C=O) groups excluding carboxylic acids is 1. The van der Waals surface area contributed by atoms with Crippen LogP contribution in [-0.4, -0.2) is 5.91 Å². The van der Waals surface area contributed by atoms with E-state index in [4.69, 9.17) is 11.6 Å². The van der Waals surface area contributed by atoms with Gasteiger partial charge in [0.15, 0.2) is 0 Å². The Bertz CT molecular complexity index is 698. The fourth-order valence-electron chi connectivity index (χ4n) is 3.90. The molecule has 2 aliphatic rings. The van der Waals surface area contributed by atoms with Crippen molar-refractivity contribution in [1.82, 2.24) is 5.32 Å². The van der Waals surface area contributed by atoms with Crippen molar-refractivity contribution >= 4 is 17.5 Å². The van der Waals surface area contributed by atoms with Crippen LogP contribution in [0.25, 0.3) is 0 Å². The Morgan fingerprint density at radius 1 is 1.05 bits per heavy atom. The van der Waals surface area contributed by atoms with Gasteiger partial charge in [0.2, 0.25) is 5.91 Å². The lowest BCUT2D eigenvalue weighted by Crippen LogP contribution is -2.37. The molecule has 0 spiro atoms. The molecule has 0 radical (unpaired) electrons. The van der Waals surface area contributed by atoms with E-state index in [1.165, 1.54) is 16.7 Å². The summed E-state index contributed by atoms with van der Waals surface area (Å²) >= 11 is 6.21. The Hall–Kier alpha value is -1.80. The molecule has 3 heteroatoms. The Labute approximate surface area is 129 Å². The first-order valence-corrected chi connectivity index (χ1v) is 7.75. The maximum Gasteiger partial charge on any atom is 0.220 e. The molecule has 3 atom stereocenters. The van der Waals surface area contributed by atoms with E-state index in [9.17, 15) is 4.79 Å². The van der Waals surface area contributed by atoms with Gasteiger partial charge in [-0.05, 0) is 41.2 Å². The van der Waals surface area contributed by atoms with E-state index in [0.29, 0.717) is 18.3 Å². The number of hydrogen-bond acceptors (Lipinski definition) is 1. The van der Waals surface area contributed by atoms with Crippen LogP contribution in [0.2, 0.25) is 5.02 Å². The molecular formula is C18H16ClNO. The van der Waals surface area contributed by atoms with E-state index >= 15 is 0 Å². The Balaban J connectivity index is 1.87. The third-order valence-corrected chi connectivity index (χ3v) is 4.99. The van der Waals surface area contributed by atoms with Crippen LogP contribution in [0.15, 0.2) is 48.5 Å². The van der Waals surface area contributed by atoms with Crippen LogP contribution in [-0.2, 0) is 4.79 Å². The number of benzene rings is 2. The largest absolute Gasteiger partial charge is 0.349 e. The molecule has 106 valence electrons. The Morgan fingerprint density at radius 2 is 1.86 bits per heavy atom. The minimum absolute atomic E-state index is 0.128. The lowest BCUT2D eigenvalue weighted by atomic mass is 9.80. The van der Waals surface area contributed by atoms with Crippen LogP contribution in [0.4, 0.5) is 0 Å². The van der Waals surface area contributed by atoms with Gasteiger partial charge in [0.1, 0.15) is 0 Å². The number of hydrogen-bond donors (Lipinski definition) is 1. The molecule has 1 aliphatic carbocycles. The summed E-state index contributed by atoms with van der Waals surface area (Å²) in [5.41, 5.74) is 3.81. The molecule has 1 saturated heterocycles. The molecule has 21 heavy (non-hydrogen) atoms. The highest BCUT2D eigenvalue weighted by atomic mass is 35.5. The first kappa shape index (κ1) is 12.9. The summed E-state index contributed by atoms with van der Waals surface area (Å²) in [5.74, 6) is 0.912. The van der Waals surface area contributed by atoms with E-state index < -0.39 is 0 Å². The molecule has 1 N–H and O–H groups in total. The average molecular weight is 298 g/mol. The third kappa shape index (κ3) is 2.06. The van der Waals surface area contributed by atoms with Crippen molar-refractivity contribution in [1.29, 1.82) is 0 Å². The van der Waals surface area contributed by atoms with Crippen LogP contribution in [0.3, 0.4) is 0 Å². The monoisotopic (exact) mass is 297 g/mol. The van der Waals surface area contributed by atoms with Gasteiger partial charge in [0, 0.05) is 17.4 Å². The van der Waals surface area contributed by atoms with Crippen LogP contribution < -0.4 is 5.32 Å². The number of rotatable bonds is 1. The lowest BCUT2D eigenvalue weighted by molar-refractivity contribution is -0.124. The molecule has 1 unspecified atom stereocenters. The molecule has 0 saturated carbocycles. The molecule has 1 heterocycles. The molecular weight excluding hydrogens is 282 g/mol. The standard InChI is InChI=1S/C18H16ClNO/c19-12-6-7-13-15(10-12)17(11-4-2-1-3-5-11)14-8-9-16(21)20-18(13)14/h1-7,10,14,17-18H,8-9H2,(H,20,21)/t14-,17?,18-/m1/s1. The molecule has 2 aromatic carbocycles. The molecule has 1 aliphatic heterocycles. The number of halogens is 1. The molecule has 2 nitrogen and oxygen atoms in total. The second kappa shape index (κ2) is 4.88. The van der Waals surface area contributed by atoms with Crippen molar-refractivity contribution in [2.45, 2.75) is 24.8 Å². The van der Waals surface area contributed by atoms with Gasteiger partial charge < -0.3 is 5.32 Å². The van der Waals surface area contributed by atoms with Gasteiger partial charge in [-0.1, -0.05) is 48.0 Å². The molecule has 0 bridgehead atoms. The minimum Gasteiger partial charge on any atom is -0.349 e. The summed E-state index contributed by atoms with van der Waals surface area (Å²) in [6.45, 7) is 0. The Morgan fingerprint density at radius 3 is 2.67 bits per heavy atom. The van der Waals surface area contributed by atoms with E-state index in [2.05, 4.69) is 41.7 Å². The van der Waals surface area contributed by atoms with E-state index in [0.717, 1.165) is 11.4 Å². The van der Waals surface area contributed by atoms with Gasteiger partial charge >= 0.3 is 0 Å². The number of fused-ring (bicyclic) bond motifs is 3. The zero-order chi connectivity index (χ0) is 14.4. The first-order chi connectivity index (χ1) is 10.2. The SMILES string of the molecule is O=C1CC[C@@H]2C(c3ccccc3)c3cc(Cl)ccc3[C@H]2N1. The third-order valence-electron chi connectivity index (χ3n) is 4.76. The Kier molecular flexibility index (Phi) is 3.00. The van der Waals surface area contributed by atoms with Gasteiger partial charge in [0.25, 0.3) is 0 Å². The summed E-state index contributed by atoms with van der Waals surface area (Å²) in [4.78, 5) is 11.8. The van der Waals surface area contributed by atoms with Crippen LogP contribution in [0.5, 0.6) is 0 Å². The van der Waals surface area contributed by atoms with Crippen LogP contribution in [0, 0.1) is 5.92 Å². The number of nitrogens with one attached hydrogen (secondary N) is 1. The maximum atomic E-state index is 11.8. The average Bonchev–Trinajstić information content (AvgIpc) is 2.81. The lowest BCUT2D eigenvalue weighted by Gasteiger charge is -2.30. The molecule has 2 aromatic rings. The number of carbonyl (C=O) groups is 1. The van der Waals surface area contributed by atoms with Crippen molar-refractivity contribution in [3.05, 3.63) is 70.2 Å². The fourth-order valence-corrected chi connectivity index (χ4v) is 4.08. The first-order valence-electron chi connectivity index (χ1n) is 7.37. The highest BCUT2D eigenvalue weighted by Crippen LogP contribution is 2.52. The van der Waals surface area contributed by atoms with Crippen LogP contribution in [0.1, 0.15) is 41.5 Å². The summed E-state index contributed by atoms with van der Waals surface area (Å²) < 4.78 is 0. The van der Waals surface area contributed by atoms with Gasteiger partial charge in [-0.25, -0.2) is 0 Å². The van der Waals surface area contributed by atoms with Crippen molar-refractivity contribution < 1.29 is 4.79 Å². The normalized spacial score (nSPS) is 26.9. The van der Waals surface area contributed by atoms with Crippen molar-refractivity contribution in [3.8, 4) is 0 Å². The minimum atomic E-state index is 0.128. The van der Waals surface area contributed by atoms with Crippen molar-refractivity contribution in [3.63, 3.8) is 0 Å². The molecule has 4 rings (SSSR count). The van der Waals surface area contributed by atoms with Gasteiger partial charge in [-0.15, -0.1) is 0 Å². The van der Waals surface area contributed by atoms with E-state index in [-0.39, 0.29) is 11.9 Å². The quantitative estimate of drug-likeness (QED) is 0.845. The molecule has 1 amide bonds. The zero-order valence-corrected chi connectivity index (χ0v) is 12.3. The maximum absolute atomic E-state index is 11.8. The topological polar surface area (TPSA) is 29.1 Å². The number of amides is 1. The summed E-state index contributed by atoms with van der Waals surface area (Å²) in [7, 11) is 0. The number of piperidine rings is 1. The zero-order valence-electron chi connectivity index (χ0n) is 11.6. The summed E-state index contributed by atoms with van der Waals surface area (Å²) in [5, 5.41) is 3.94. The second-order valence-electron chi connectivity index (χ2n) is 5.91. The molecule has 1 fully saturated rings. The smallest absolute Gasteiger partial charge is 0.220 e. The predicted octanol–water partition coefficient (Wildman–Crippen LogP) is 4.05. The second-order valence-corrected chi connectivity index (χ2v) is 6.35. The van der Waals surface area contributed by atoms with E-state index in [1.54, 1.807) is 0 Å². The predicted molar refractivity (Wildman–Crippen MR) is 83.3 cm³/mol. The van der Waals surface area contributed by atoms with Crippen molar-refractivity contribution in [2.24, 2.45) is 5.92 Å². The van der Waals surface area contributed by atoms with E-state index in [1.807, 2.05) is 12.1 Å². The van der Waals surface area contributed by atoms with Gasteiger partial charge in [-0.2, -0.15) is 0 Å².